The maximum Gasteiger partial charge on any atom is 0.272 e. The van der Waals surface area contributed by atoms with Crippen molar-refractivity contribution < 1.29 is 4.79 Å². The number of aromatic nitrogens is 3. The Morgan fingerprint density at radius 1 is 1.11 bits per heavy atom. The number of hydrogen-bond acceptors (Lipinski definition) is 3. The molecule has 2 aromatic carbocycles. The van der Waals surface area contributed by atoms with E-state index in [9.17, 15) is 9.59 Å². The summed E-state index contributed by atoms with van der Waals surface area (Å²) in [5.74, 6) is -0.115. The Morgan fingerprint density at radius 3 is 2.78 bits per heavy atom. The lowest BCUT2D eigenvalue weighted by atomic mass is 10.1. The number of rotatable bonds is 5. The van der Waals surface area contributed by atoms with Crippen LogP contribution in [0.25, 0.3) is 21.7 Å². The first kappa shape index (κ1) is 17.0. The van der Waals surface area contributed by atoms with Gasteiger partial charge in [-0.1, -0.05) is 30.3 Å². The minimum Gasteiger partial charge on any atom is -0.361 e. The zero-order valence-corrected chi connectivity index (χ0v) is 15.0. The second-order valence-electron chi connectivity index (χ2n) is 6.68. The van der Waals surface area contributed by atoms with Crippen LogP contribution in [0.1, 0.15) is 16.8 Å². The monoisotopic (exact) mass is 360 g/mol. The number of hydrogen-bond donors (Lipinski definition) is 3. The molecule has 0 aliphatic heterocycles. The highest BCUT2D eigenvalue weighted by molar-refractivity contribution is 5.88. The van der Waals surface area contributed by atoms with E-state index in [0.29, 0.717) is 23.0 Å². The van der Waals surface area contributed by atoms with Crippen LogP contribution < -0.4 is 10.9 Å². The molecule has 2 aromatic heterocycles. The third-order valence-corrected chi connectivity index (χ3v) is 4.74. The molecule has 6 heteroatoms. The van der Waals surface area contributed by atoms with E-state index in [1.165, 1.54) is 16.5 Å². The fourth-order valence-corrected chi connectivity index (χ4v) is 3.36. The molecule has 0 spiro atoms. The molecule has 0 bridgehead atoms. The van der Waals surface area contributed by atoms with Crippen molar-refractivity contribution in [1.82, 2.24) is 20.5 Å². The lowest BCUT2D eigenvalue weighted by Gasteiger charge is -2.07. The predicted octanol–water partition coefficient (Wildman–Crippen LogP) is 2.61. The molecule has 0 saturated carbocycles. The first-order chi connectivity index (χ1) is 13.1. The molecule has 0 fully saturated rings. The molecule has 136 valence electrons. The number of fused-ring (bicyclic) bond motifs is 2. The van der Waals surface area contributed by atoms with Gasteiger partial charge < -0.3 is 10.3 Å². The molecule has 0 aliphatic rings. The molecule has 0 unspecified atom stereocenters. The number of carbonyl (C=O) groups is 1. The van der Waals surface area contributed by atoms with Gasteiger partial charge in [0.1, 0.15) is 0 Å². The summed E-state index contributed by atoms with van der Waals surface area (Å²) >= 11 is 0. The zero-order chi connectivity index (χ0) is 18.8. The molecule has 4 aromatic rings. The van der Waals surface area contributed by atoms with Gasteiger partial charge in [0.15, 0.2) is 0 Å². The molecule has 3 N–H and O–H groups in total. The lowest BCUT2D eigenvalue weighted by molar-refractivity contribution is -0.120. The predicted molar refractivity (Wildman–Crippen MR) is 106 cm³/mol. The number of carbonyl (C=O) groups excluding carboxylic acids is 1. The Morgan fingerprint density at radius 2 is 1.93 bits per heavy atom. The number of nitrogens with zero attached hydrogens (tertiary/aromatic N) is 1. The molecule has 0 saturated heterocycles. The maximum absolute atomic E-state index is 12.3. The number of H-pyrrole nitrogens is 2. The Bertz CT molecular complexity index is 1190. The topological polar surface area (TPSA) is 90.6 Å². The van der Waals surface area contributed by atoms with Crippen LogP contribution in [0.3, 0.4) is 0 Å². The molecular formula is C21H20N4O2. The van der Waals surface area contributed by atoms with E-state index in [4.69, 9.17) is 0 Å². The molecule has 2 heterocycles. The van der Waals surface area contributed by atoms with Crippen molar-refractivity contribution in [2.75, 3.05) is 6.54 Å². The molecule has 0 atom stereocenters. The van der Waals surface area contributed by atoms with Gasteiger partial charge in [-0.2, -0.15) is 5.10 Å². The first-order valence-electron chi connectivity index (χ1n) is 8.91. The molecule has 0 aliphatic carbocycles. The summed E-state index contributed by atoms with van der Waals surface area (Å²) in [5, 5.41) is 11.9. The fourth-order valence-electron chi connectivity index (χ4n) is 3.36. The van der Waals surface area contributed by atoms with Crippen LogP contribution in [0, 0.1) is 6.92 Å². The van der Waals surface area contributed by atoms with Crippen LogP contribution >= 0.6 is 0 Å². The van der Waals surface area contributed by atoms with Crippen LogP contribution in [0.5, 0.6) is 0 Å². The van der Waals surface area contributed by atoms with Gasteiger partial charge in [-0.15, -0.1) is 0 Å². The number of nitrogens with one attached hydrogen (secondary N) is 3. The van der Waals surface area contributed by atoms with Crippen LogP contribution in [-0.4, -0.2) is 27.6 Å². The van der Waals surface area contributed by atoms with Crippen molar-refractivity contribution in [2.45, 2.75) is 19.8 Å². The SMILES string of the molecule is Cc1ccc2c(CCNC(=O)Cc3n[nH]c(=O)c4ccccc34)c[nH]c2c1. The van der Waals surface area contributed by atoms with Gasteiger partial charge in [-0.25, -0.2) is 5.10 Å². The Hall–Kier alpha value is -3.41. The van der Waals surface area contributed by atoms with E-state index in [-0.39, 0.29) is 17.9 Å². The summed E-state index contributed by atoms with van der Waals surface area (Å²) in [4.78, 5) is 27.4. The normalized spacial score (nSPS) is 11.1. The molecule has 4 rings (SSSR count). The van der Waals surface area contributed by atoms with Crippen molar-refractivity contribution in [3.8, 4) is 0 Å². The quantitative estimate of drug-likeness (QED) is 0.511. The van der Waals surface area contributed by atoms with Crippen molar-refractivity contribution in [3.05, 3.63) is 75.8 Å². The van der Waals surface area contributed by atoms with Crippen molar-refractivity contribution in [3.63, 3.8) is 0 Å². The average molecular weight is 360 g/mol. The van der Waals surface area contributed by atoms with Crippen LogP contribution in [-0.2, 0) is 17.6 Å². The molecule has 0 radical (unpaired) electrons. The Kier molecular flexibility index (Phi) is 4.46. The van der Waals surface area contributed by atoms with Crippen molar-refractivity contribution in [2.24, 2.45) is 0 Å². The van der Waals surface area contributed by atoms with E-state index in [1.54, 1.807) is 12.1 Å². The first-order valence-corrected chi connectivity index (χ1v) is 8.91. The second kappa shape index (κ2) is 7.07. The summed E-state index contributed by atoms with van der Waals surface area (Å²) in [5.41, 5.74) is 3.83. The van der Waals surface area contributed by atoms with Crippen molar-refractivity contribution in [1.29, 1.82) is 0 Å². The van der Waals surface area contributed by atoms with Crippen LogP contribution in [0.15, 0.2) is 53.5 Å². The molecular weight excluding hydrogens is 340 g/mol. The van der Waals surface area contributed by atoms with E-state index in [0.717, 1.165) is 11.9 Å². The largest absolute Gasteiger partial charge is 0.361 e. The third-order valence-electron chi connectivity index (χ3n) is 4.74. The van der Waals surface area contributed by atoms with Gasteiger partial charge in [-0.3, -0.25) is 9.59 Å². The van der Waals surface area contributed by atoms with E-state index >= 15 is 0 Å². The number of aromatic amines is 2. The van der Waals surface area contributed by atoms with Crippen LogP contribution in [0.2, 0.25) is 0 Å². The summed E-state index contributed by atoms with van der Waals surface area (Å²) in [7, 11) is 0. The third kappa shape index (κ3) is 3.46. The highest BCUT2D eigenvalue weighted by atomic mass is 16.1. The van der Waals surface area contributed by atoms with Crippen LogP contribution in [0.4, 0.5) is 0 Å². The van der Waals surface area contributed by atoms with Crippen molar-refractivity contribution >= 4 is 27.6 Å². The summed E-state index contributed by atoms with van der Waals surface area (Å²) in [6.45, 7) is 2.61. The number of aryl methyl sites for hydroxylation is 1. The summed E-state index contributed by atoms with van der Waals surface area (Å²) in [6, 6.07) is 13.5. The molecule has 6 nitrogen and oxygen atoms in total. The maximum atomic E-state index is 12.3. The Labute approximate surface area is 155 Å². The van der Waals surface area contributed by atoms with Gasteiger partial charge in [0.2, 0.25) is 5.91 Å². The summed E-state index contributed by atoms with van der Waals surface area (Å²) < 4.78 is 0. The lowest BCUT2D eigenvalue weighted by Crippen LogP contribution is -2.28. The van der Waals surface area contributed by atoms with Gasteiger partial charge in [0.25, 0.3) is 5.56 Å². The summed E-state index contributed by atoms with van der Waals surface area (Å²) in [6.07, 6.45) is 2.87. The number of benzene rings is 2. The zero-order valence-electron chi connectivity index (χ0n) is 15.0. The van der Waals surface area contributed by atoms with Gasteiger partial charge in [-0.05, 0) is 36.6 Å². The van der Waals surface area contributed by atoms with E-state index in [2.05, 4.69) is 45.6 Å². The van der Waals surface area contributed by atoms with E-state index < -0.39 is 0 Å². The van der Waals surface area contributed by atoms with Gasteiger partial charge in [0, 0.05) is 29.0 Å². The number of amides is 1. The minimum absolute atomic E-state index is 0.115. The highest BCUT2D eigenvalue weighted by Gasteiger charge is 2.11. The fraction of sp³-hybridized carbons (Fsp3) is 0.190. The molecule has 1 amide bonds. The van der Waals surface area contributed by atoms with E-state index in [1.807, 2.05) is 18.3 Å². The van der Waals surface area contributed by atoms with Gasteiger partial charge in [0.05, 0.1) is 17.5 Å². The smallest absolute Gasteiger partial charge is 0.272 e. The Balaban J connectivity index is 1.42. The highest BCUT2D eigenvalue weighted by Crippen LogP contribution is 2.19. The standard InChI is InChI=1S/C21H20N4O2/c1-13-6-7-15-14(12-23-18(15)10-13)8-9-22-20(26)11-19-16-4-2-3-5-17(16)21(27)25-24-19/h2-7,10,12,23H,8-9,11H2,1H3,(H,22,26)(H,25,27). The minimum atomic E-state index is -0.246. The second-order valence-corrected chi connectivity index (χ2v) is 6.68. The molecule has 27 heavy (non-hydrogen) atoms. The van der Waals surface area contributed by atoms with Gasteiger partial charge >= 0.3 is 0 Å². The average Bonchev–Trinajstić information content (AvgIpc) is 3.06.